The summed E-state index contributed by atoms with van der Waals surface area (Å²) in [6, 6.07) is 8.83. The molecule has 2 aromatic rings. The highest BCUT2D eigenvalue weighted by Crippen LogP contribution is 2.37. The van der Waals surface area contributed by atoms with Crippen molar-refractivity contribution >= 4 is 35.2 Å². The molecule has 9 heteroatoms. The average Bonchev–Trinajstić information content (AvgIpc) is 3.08. The number of halogens is 1. The van der Waals surface area contributed by atoms with Gasteiger partial charge in [0.05, 0.1) is 16.6 Å². The predicted octanol–water partition coefficient (Wildman–Crippen LogP) is 4.56. The first-order chi connectivity index (χ1) is 14.4. The van der Waals surface area contributed by atoms with Gasteiger partial charge < -0.3 is 14.2 Å². The van der Waals surface area contributed by atoms with Crippen LogP contribution in [0.2, 0.25) is 5.02 Å². The van der Waals surface area contributed by atoms with Gasteiger partial charge in [0, 0.05) is 17.7 Å². The first kappa shape index (κ1) is 21.1. The van der Waals surface area contributed by atoms with Crippen LogP contribution in [0.25, 0.3) is 6.08 Å². The van der Waals surface area contributed by atoms with Gasteiger partial charge in [0.1, 0.15) is 6.61 Å². The maximum absolute atomic E-state index is 12.2. The summed E-state index contributed by atoms with van der Waals surface area (Å²) in [5.41, 5.74) is 0.992. The van der Waals surface area contributed by atoms with Crippen molar-refractivity contribution in [1.29, 1.82) is 0 Å². The molecule has 1 heterocycles. The minimum Gasteiger partial charge on any atom is -0.490 e. The Labute approximate surface area is 177 Å². The Hall–Kier alpha value is -3.65. The van der Waals surface area contributed by atoms with E-state index in [0.29, 0.717) is 34.3 Å². The van der Waals surface area contributed by atoms with E-state index < -0.39 is 10.9 Å². The number of hydrogen-bond acceptors (Lipinski definition) is 7. The van der Waals surface area contributed by atoms with Crippen LogP contribution in [0.5, 0.6) is 11.5 Å². The van der Waals surface area contributed by atoms with Gasteiger partial charge in [-0.25, -0.2) is 9.79 Å². The fourth-order valence-corrected chi connectivity index (χ4v) is 2.91. The molecule has 0 atom stereocenters. The second-order valence-corrected chi connectivity index (χ2v) is 6.41. The molecule has 0 fully saturated rings. The highest BCUT2D eigenvalue weighted by molar-refractivity contribution is 6.32. The number of rotatable bonds is 8. The monoisotopic (exact) mass is 428 g/mol. The first-order valence-corrected chi connectivity index (χ1v) is 9.28. The van der Waals surface area contributed by atoms with Gasteiger partial charge in [0.15, 0.2) is 17.2 Å². The van der Waals surface area contributed by atoms with E-state index in [-0.39, 0.29) is 23.9 Å². The van der Waals surface area contributed by atoms with Gasteiger partial charge in [-0.2, -0.15) is 0 Å². The van der Waals surface area contributed by atoms with Crippen LogP contribution in [0.1, 0.15) is 18.1 Å². The third-order valence-corrected chi connectivity index (χ3v) is 4.21. The van der Waals surface area contributed by atoms with Crippen molar-refractivity contribution in [2.45, 2.75) is 6.92 Å². The van der Waals surface area contributed by atoms with Crippen LogP contribution in [-0.2, 0) is 9.53 Å². The van der Waals surface area contributed by atoms with Gasteiger partial charge in [-0.3, -0.25) is 10.1 Å². The Kier molecular flexibility index (Phi) is 6.48. The number of carbonyl (C=O) groups excluding carboxylic acids is 1. The summed E-state index contributed by atoms with van der Waals surface area (Å²) in [6.45, 7) is 6.08. The quantitative estimate of drug-likeness (QED) is 0.201. The van der Waals surface area contributed by atoms with Crippen molar-refractivity contribution in [3.63, 3.8) is 0 Å². The van der Waals surface area contributed by atoms with E-state index in [9.17, 15) is 14.9 Å². The van der Waals surface area contributed by atoms with E-state index in [4.69, 9.17) is 25.8 Å². The maximum atomic E-state index is 12.2. The van der Waals surface area contributed by atoms with Crippen molar-refractivity contribution < 1.29 is 23.9 Å². The molecule has 3 rings (SSSR count). The first-order valence-electron chi connectivity index (χ1n) is 8.90. The molecule has 30 heavy (non-hydrogen) atoms. The second-order valence-electron chi connectivity index (χ2n) is 6.00. The molecule has 0 bridgehead atoms. The third kappa shape index (κ3) is 4.66. The normalized spacial score (nSPS) is 14.3. The summed E-state index contributed by atoms with van der Waals surface area (Å²) < 4.78 is 16.3. The molecule has 0 N–H and O–H groups in total. The van der Waals surface area contributed by atoms with Crippen LogP contribution >= 0.6 is 11.6 Å². The largest absolute Gasteiger partial charge is 0.490 e. The highest BCUT2D eigenvalue weighted by Gasteiger charge is 2.25. The molecule has 2 aromatic carbocycles. The predicted molar refractivity (Wildman–Crippen MR) is 112 cm³/mol. The average molecular weight is 429 g/mol. The van der Waals surface area contributed by atoms with Crippen LogP contribution in [0.4, 0.5) is 5.69 Å². The van der Waals surface area contributed by atoms with Crippen LogP contribution in [0, 0.1) is 10.1 Å². The number of cyclic esters (lactones) is 1. The van der Waals surface area contributed by atoms with E-state index in [1.165, 1.54) is 30.3 Å². The lowest BCUT2D eigenvalue weighted by Gasteiger charge is -2.13. The van der Waals surface area contributed by atoms with Crippen LogP contribution in [0.3, 0.4) is 0 Å². The lowest BCUT2D eigenvalue weighted by molar-refractivity contribution is -0.384. The number of nitrogens with zero attached hydrogens (tertiary/aromatic N) is 2. The molecule has 0 aliphatic carbocycles. The Morgan fingerprint density at radius 2 is 2.00 bits per heavy atom. The van der Waals surface area contributed by atoms with E-state index in [1.54, 1.807) is 18.2 Å². The molecular weight excluding hydrogens is 412 g/mol. The van der Waals surface area contributed by atoms with Crippen molar-refractivity contribution in [3.05, 3.63) is 81.0 Å². The number of aliphatic imine (C=N–C) groups is 1. The van der Waals surface area contributed by atoms with Crippen LogP contribution < -0.4 is 9.47 Å². The van der Waals surface area contributed by atoms with E-state index in [2.05, 4.69) is 11.6 Å². The molecule has 1 aliphatic rings. The Bertz CT molecular complexity index is 1060. The molecule has 0 amide bonds. The minimum absolute atomic E-state index is 0.0571. The topological polar surface area (TPSA) is 100 Å². The molecule has 0 aromatic heterocycles. The van der Waals surface area contributed by atoms with Crippen molar-refractivity contribution in [2.75, 3.05) is 13.2 Å². The molecule has 1 aliphatic heterocycles. The van der Waals surface area contributed by atoms with Gasteiger partial charge in [-0.1, -0.05) is 24.3 Å². The molecule has 0 unspecified atom stereocenters. The van der Waals surface area contributed by atoms with Crippen LogP contribution in [-0.4, -0.2) is 30.0 Å². The number of benzene rings is 2. The molecule has 0 radical (unpaired) electrons. The summed E-state index contributed by atoms with van der Waals surface area (Å²) in [7, 11) is 0. The van der Waals surface area contributed by atoms with Crippen molar-refractivity contribution in [2.24, 2.45) is 4.99 Å². The number of esters is 1. The zero-order valence-electron chi connectivity index (χ0n) is 16.0. The molecule has 154 valence electrons. The Morgan fingerprint density at radius 3 is 2.63 bits per heavy atom. The number of ether oxygens (including phenoxy) is 3. The fraction of sp³-hybridized carbons (Fsp3) is 0.143. The smallest absolute Gasteiger partial charge is 0.363 e. The van der Waals surface area contributed by atoms with Crippen LogP contribution in [0.15, 0.2) is 59.7 Å². The maximum Gasteiger partial charge on any atom is 0.363 e. The SMILES string of the molecule is C=CCOc1c(Cl)cc(/C=C2\N=C(c3ccc([N+](=O)[O-])cc3)OC2=O)cc1OCC. The van der Waals surface area contributed by atoms with E-state index in [1.807, 2.05) is 6.92 Å². The molecule has 0 saturated carbocycles. The lowest BCUT2D eigenvalue weighted by Crippen LogP contribution is -2.05. The van der Waals surface area contributed by atoms with E-state index in [0.717, 1.165) is 0 Å². The van der Waals surface area contributed by atoms with E-state index >= 15 is 0 Å². The number of carbonyl (C=O) groups is 1. The number of nitro groups is 1. The van der Waals surface area contributed by atoms with Gasteiger partial charge in [0.2, 0.25) is 5.90 Å². The lowest BCUT2D eigenvalue weighted by atomic mass is 10.1. The fourth-order valence-electron chi connectivity index (χ4n) is 2.63. The third-order valence-electron chi connectivity index (χ3n) is 3.93. The minimum atomic E-state index is -0.649. The van der Waals surface area contributed by atoms with Gasteiger partial charge in [-0.15, -0.1) is 0 Å². The Balaban J connectivity index is 1.92. The summed E-state index contributed by atoms with van der Waals surface area (Å²) in [5.74, 6) is 0.210. The Morgan fingerprint density at radius 1 is 1.27 bits per heavy atom. The summed E-state index contributed by atoms with van der Waals surface area (Å²) >= 11 is 6.32. The summed E-state index contributed by atoms with van der Waals surface area (Å²) in [4.78, 5) is 26.7. The van der Waals surface area contributed by atoms with Gasteiger partial charge in [-0.05, 0) is 42.8 Å². The highest BCUT2D eigenvalue weighted by atomic mass is 35.5. The summed E-state index contributed by atoms with van der Waals surface area (Å²) in [5, 5.41) is 11.1. The number of non-ortho nitro benzene ring substituents is 1. The second kappa shape index (κ2) is 9.23. The van der Waals surface area contributed by atoms with Gasteiger partial charge >= 0.3 is 5.97 Å². The van der Waals surface area contributed by atoms with Crippen molar-refractivity contribution in [1.82, 2.24) is 0 Å². The van der Waals surface area contributed by atoms with Crippen molar-refractivity contribution in [3.8, 4) is 11.5 Å². The number of nitro benzene ring substituents is 1. The molecule has 8 nitrogen and oxygen atoms in total. The molecule has 0 saturated heterocycles. The zero-order chi connectivity index (χ0) is 21.7. The number of hydrogen-bond donors (Lipinski definition) is 0. The summed E-state index contributed by atoms with van der Waals surface area (Å²) in [6.07, 6.45) is 3.09. The molecule has 0 spiro atoms. The van der Waals surface area contributed by atoms with Gasteiger partial charge in [0.25, 0.3) is 5.69 Å². The zero-order valence-corrected chi connectivity index (χ0v) is 16.7. The molecular formula is C21H17ClN2O6. The standard InChI is InChI=1S/C21H17ClN2O6/c1-3-9-29-19-16(22)10-13(12-18(19)28-4-2)11-17-21(25)30-20(23-17)14-5-7-15(8-6-14)24(26)27/h3,5-8,10-12H,1,4,9H2,2H3/b17-11-.